The fraction of sp³-hybridized carbons (Fsp3) is 0.447. The van der Waals surface area contributed by atoms with Crippen LogP contribution >= 0.6 is 0 Å². The van der Waals surface area contributed by atoms with Crippen molar-refractivity contribution in [1.29, 1.82) is 0 Å². The molecule has 3 aromatic rings. The number of aromatic amines is 1. The lowest BCUT2D eigenvalue weighted by Gasteiger charge is -2.24. The highest BCUT2D eigenvalue weighted by molar-refractivity contribution is 5.97. The molecule has 2 aliphatic heterocycles. The van der Waals surface area contributed by atoms with E-state index in [1.807, 2.05) is 38.1 Å². The van der Waals surface area contributed by atoms with Crippen LogP contribution in [0.15, 0.2) is 73.1 Å². The molecule has 2 N–H and O–H groups in total. The van der Waals surface area contributed by atoms with Crippen LogP contribution in [0.4, 0.5) is 0 Å². The van der Waals surface area contributed by atoms with Gasteiger partial charge in [0.1, 0.15) is 41.2 Å². The molecule has 0 saturated carbocycles. The number of fused-ring (bicyclic) bond motifs is 2. The molecule has 0 spiro atoms. The number of cyclic esters (lactones) is 1. The van der Waals surface area contributed by atoms with Crippen molar-refractivity contribution in [2.24, 2.45) is 0 Å². The van der Waals surface area contributed by atoms with E-state index in [-0.39, 0.29) is 18.1 Å². The lowest BCUT2D eigenvalue weighted by atomic mass is 10.0. The number of esters is 2. The summed E-state index contributed by atoms with van der Waals surface area (Å²) in [6, 6.07) is 12.3. The van der Waals surface area contributed by atoms with Crippen LogP contribution in [0, 0.1) is 0 Å². The number of nitrogens with one attached hydrogen (secondary N) is 2. The molecule has 12 heteroatoms. The molecule has 1 fully saturated rings. The Bertz CT molecular complexity index is 1590. The molecule has 1 saturated heterocycles. The summed E-state index contributed by atoms with van der Waals surface area (Å²) in [5.41, 5.74) is 1.25. The van der Waals surface area contributed by atoms with Crippen molar-refractivity contribution in [1.82, 2.24) is 15.3 Å². The predicted octanol–water partition coefficient (Wildman–Crippen LogP) is 6.00. The van der Waals surface area contributed by atoms with E-state index < -0.39 is 42.1 Å². The van der Waals surface area contributed by atoms with E-state index in [0.29, 0.717) is 42.9 Å². The molecule has 0 radical (unpaired) electrons. The summed E-state index contributed by atoms with van der Waals surface area (Å²) in [6.45, 7) is 7.35. The van der Waals surface area contributed by atoms with Crippen LogP contribution in [-0.2, 0) is 30.2 Å². The zero-order valence-corrected chi connectivity index (χ0v) is 29.1. The Labute approximate surface area is 293 Å². The predicted molar refractivity (Wildman–Crippen MR) is 186 cm³/mol. The van der Waals surface area contributed by atoms with E-state index >= 15 is 0 Å². The second-order valence-electron chi connectivity index (χ2n) is 12.6. The SMILES string of the molecule is COCOc1cc(OCCCCNCc2ncc[nH]2)cc2c1C(=O)O[C@@H](C)C/C=C\C(OC(=O)c1ccccc1)[C@H]1OC(C)(C)OC1C/C=C/2. The summed E-state index contributed by atoms with van der Waals surface area (Å²) in [4.78, 5) is 34.1. The van der Waals surface area contributed by atoms with E-state index in [4.69, 9.17) is 33.2 Å². The average Bonchev–Trinajstić information content (AvgIpc) is 3.73. The Morgan fingerprint density at radius 2 is 1.92 bits per heavy atom. The lowest BCUT2D eigenvalue weighted by Crippen LogP contribution is -2.37. The third-order valence-corrected chi connectivity index (χ3v) is 8.07. The third kappa shape index (κ3) is 10.5. The molecule has 12 nitrogen and oxygen atoms in total. The van der Waals surface area contributed by atoms with Gasteiger partial charge >= 0.3 is 11.9 Å². The number of hydrogen-bond acceptors (Lipinski definition) is 11. The van der Waals surface area contributed by atoms with Gasteiger partial charge in [-0.15, -0.1) is 0 Å². The topological polar surface area (TPSA) is 139 Å². The number of nitrogens with zero attached hydrogens (tertiary/aromatic N) is 1. The highest BCUT2D eigenvalue weighted by Crippen LogP contribution is 2.36. The molecule has 2 aromatic carbocycles. The number of imidazole rings is 1. The molecular formula is C38H47N3O9. The minimum absolute atomic E-state index is 0.0698. The number of hydrogen-bond donors (Lipinski definition) is 2. The molecule has 0 aliphatic carbocycles. The van der Waals surface area contributed by atoms with Crippen LogP contribution in [0.3, 0.4) is 0 Å². The van der Waals surface area contributed by atoms with Gasteiger partial charge in [-0.05, 0) is 76.4 Å². The number of unbranched alkanes of at least 4 members (excludes halogenated alkanes) is 1. The number of carbonyl (C=O) groups is 2. The minimum atomic E-state index is -0.914. The van der Waals surface area contributed by atoms with E-state index in [1.165, 1.54) is 7.11 Å². The van der Waals surface area contributed by atoms with Crippen LogP contribution < -0.4 is 14.8 Å². The van der Waals surface area contributed by atoms with Crippen LogP contribution in [0.5, 0.6) is 11.5 Å². The Balaban J connectivity index is 1.36. The number of carbonyl (C=O) groups excluding carboxylic acids is 2. The highest BCUT2D eigenvalue weighted by atomic mass is 16.8. The van der Waals surface area contributed by atoms with E-state index in [1.54, 1.807) is 61.8 Å². The number of methoxy groups -OCH3 is 1. The van der Waals surface area contributed by atoms with Crippen molar-refractivity contribution in [3.63, 3.8) is 0 Å². The number of ether oxygens (including phenoxy) is 7. The smallest absolute Gasteiger partial charge is 0.342 e. The molecule has 0 amide bonds. The molecular weight excluding hydrogens is 642 g/mol. The third-order valence-electron chi connectivity index (χ3n) is 8.07. The molecule has 2 unspecified atom stereocenters. The van der Waals surface area contributed by atoms with Gasteiger partial charge in [0.2, 0.25) is 0 Å². The molecule has 4 atom stereocenters. The van der Waals surface area contributed by atoms with Gasteiger partial charge in [-0.2, -0.15) is 0 Å². The molecule has 5 rings (SSSR count). The first-order valence-electron chi connectivity index (χ1n) is 17.0. The second kappa shape index (κ2) is 18.0. The summed E-state index contributed by atoms with van der Waals surface area (Å²) < 4.78 is 41.7. The van der Waals surface area contributed by atoms with Gasteiger partial charge < -0.3 is 43.5 Å². The van der Waals surface area contributed by atoms with Gasteiger partial charge in [-0.3, -0.25) is 0 Å². The maximum atomic E-state index is 13.7. The summed E-state index contributed by atoms with van der Waals surface area (Å²) in [5.74, 6) is -0.211. The summed E-state index contributed by atoms with van der Waals surface area (Å²) in [5, 5.41) is 3.36. The molecule has 1 aromatic heterocycles. The average molecular weight is 690 g/mol. The van der Waals surface area contributed by atoms with E-state index in [0.717, 1.165) is 25.2 Å². The van der Waals surface area contributed by atoms with Crippen LogP contribution in [0.1, 0.15) is 78.6 Å². The standard InChI is InChI=1S/C38H47N3O9/c1-26-12-10-16-30(48-36(42)27-13-6-5-7-14-27)35-31(49-38(2,3)50-35)17-11-15-28-22-29(23-32(46-25-44-4)34(28)37(43)47-26)45-21-9-8-18-39-24-33-40-19-20-41-33/h5-7,10-11,13-16,19-20,22-23,26,30-31,35,39H,8-9,12,17-18,21,24-25H2,1-4H3,(H,40,41)/b15-11+,16-10-/t26-,30?,31?,35+/m0/s1. The number of aromatic nitrogens is 2. The van der Waals surface area contributed by atoms with Crippen LogP contribution in [0.25, 0.3) is 6.08 Å². The van der Waals surface area contributed by atoms with Crippen LogP contribution in [0.2, 0.25) is 0 Å². The molecule has 50 heavy (non-hydrogen) atoms. The maximum Gasteiger partial charge on any atom is 0.342 e. The fourth-order valence-electron chi connectivity index (χ4n) is 5.75. The van der Waals surface area contributed by atoms with Crippen molar-refractivity contribution in [3.05, 3.63) is 95.6 Å². The normalized spacial score (nSPS) is 23.1. The lowest BCUT2D eigenvalue weighted by molar-refractivity contribution is -0.152. The molecule has 268 valence electrons. The molecule has 3 heterocycles. The molecule has 0 bridgehead atoms. The number of rotatable bonds is 13. The number of benzene rings is 2. The monoisotopic (exact) mass is 689 g/mol. The van der Waals surface area contributed by atoms with E-state index in [9.17, 15) is 9.59 Å². The maximum absolute atomic E-state index is 13.7. The quantitative estimate of drug-likeness (QED) is 0.0946. The Hall–Kier alpha value is -4.49. The summed E-state index contributed by atoms with van der Waals surface area (Å²) in [7, 11) is 1.51. The van der Waals surface area contributed by atoms with Crippen molar-refractivity contribution in [2.75, 3.05) is 27.1 Å². The van der Waals surface area contributed by atoms with Gasteiger partial charge in [0, 0.05) is 32.0 Å². The minimum Gasteiger partial charge on any atom is -0.493 e. The van der Waals surface area contributed by atoms with Gasteiger partial charge in [-0.25, -0.2) is 14.6 Å². The Morgan fingerprint density at radius 1 is 1.08 bits per heavy atom. The Kier molecular flexibility index (Phi) is 13.2. The first-order valence-corrected chi connectivity index (χ1v) is 17.0. The van der Waals surface area contributed by atoms with Gasteiger partial charge in [-0.1, -0.05) is 36.4 Å². The zero-order valence-electron chi connectivity index (χ0n) is 29.1. The van der Waals surface area contributed by atoms with Gasteiger partial charge in [0.25, 0.3) is 0 Å². The number of H-pyrrole nitrogens is 1. The van der Waals surface area contributed by atoms with Crippen molar-refractivity contribution >= 4 is 18.0 Å². The fourth-order valence-corrected chi connectivity index (χ4v) is 5.75. The summed E-state index contributed by atoms with van der Waals surface area (Å²) >= 11 is 0. The first kappa shape index (κ1) is 36.8. The van der Waals surface area contributed by atoms with Gasteiger partial charge in [0.15, 0.2) is 12.6 Å². The van der Waals surface area contributed by atoms with Crippen LogP contribution in [-0.4, -0.2) is 79.2 Å². The molecule has 2 aliphatic rings. The second-order valence-corrected chi connectivity index (χ2v) is 12.6. The van der Waals surface area contributed by atoms with Crippen molar-refractivity contribution in [2.45, 2.75) is 83.2 Å². The summed E-state index contributed by atoms with van der Waals surface area (Å²) in [6.07, 6.45) is 11.0. The largest absolute Gasteiger partial charge is 0.493 e. The van der Waals surface area contributed by atoms with Crippen molar-refractivity contribution in [3.8, 4) is 11.5 Å². The van der Waals surface area contributed by atoms with Gasteiger partial charge in [0.05, 0.1) is 24.8 Å². The van der Waals surface area contributed by atoms with E-state index in [2.05, 4.69) is 15.3 Å². The Morgan fingerprint density at radius 3 is 2.70 bits per heavy atom. The highest BCUT2D eigenvalue weighted by Gasteiger charge is 2.45. The zero-order chi connectivity index (χ0) is 35.3. The van der Waals surface area contributed by atoms with Crippen molar-refractivity contribution < 1.29 is 42.7 Å². The first-order chi connectivity index (χ1) is 24.2.